The van der Waals surface area contributed by atoms with Crippen molar-refractivity contribution in [1.82, 2.24) is 0 Å². The van der Waals surface area contributed by atoms with Gasteiger partial charge in [-0.1, -0.05) is 18.2 Å². The standard InChI is InChI=1S/C19H15N3O3/c1-24-15-8-6-14(7-9-15)18-16(19(23)25-2)4-3-5-17(18)22-12-13(10-20)11-21/h3-9,12,22H,1-2H3. The van der Waals surface area contributed by atoms with E-state index < -0.39 is 5.97 Å². The van der Waals surface area contributed by atoms with Gasteiger partial charge in [0.05, 0.1) is 19.8 Å². The van der Waals surface area contributed by atoms with E-state index in [2.05, 4.69) is 5.32 Å². The van der Waals surface area contributed by atoms with Crippen LogP contribution in [0, 0.1) is 22.7 Å². The van der Waals surface area contributed by atoms with E-state index in [1.165, 1.54) is 13.3 Å². The SMILES string of the molecule is COC(=O)c1cccc(NC=C(C#N)C#N)c1-c1ccc(OC)cc1. The molecule has 0 saturated carbocycles. The Balaban J connectivity index is 2.59. The third-order valence-electron chi connectivity index (χ3n) is 3.46. The molecule has 0 aliphatic carbocycles. The molecule has 0 aliphatic heterocycles. The number of carbonyl (C=O) groups excluding carboxylic acids is 1. The van der Waals surface area contributed by atoms with Crippen molar-refractivity contribution in [1.29, 1.82) is 10.5 Å². The van der Waals surface area contributed by atoms with Crippen LogP contribution in [0.4, 0.5) is 5.69 Å². The lowest BCUT2D eigenvalue weighted by Crippen LogP contribution is -2.06. The van der Waals surface area contributed by atoms with E-state index in [1.54, 1.807) is 49.6 Å². The van der Waals surface area contributed by atoms with E-state index in [9.17, 15) is 4.79 Å². The molecule has 124 valence electrons. The number of carbonyl (C=O) groups is 1. The number of anilines is 1. The molecule has 0 bridgehead atoms. The first-order chi connectivity index (χ1) is 12.1. The number of nitrogens with one attached hydrogen (secondary N) is 1. The van der Waals surface area contributed by atoms with E-state index in [1.807, 2.05) is 12.1 Å². The highest BCUT2D eigenvalue weighted by atomic mass is 16.5. The van der Waals surface area contributed by atoms with Crippen LogP contribution in [-0.4, -0.2) is 20.2 Å². The first-order valence-electron chi connectivity index (χ1n) is 7.27. The lowest BCUT2D eigenvalue weighted by molar-refractivity contribution is 0.0601. The molecule has 2 rings (SSSR count). The van der Waals surface area contributed by atoms with Gasteiger partial charge in [-0.25, -0.2) is 4.79 Å². The zero-order valence-corrected chi connectivity index (χ0v) is 13.7. The predicted molar refractivity (Wildman–Crippen MR) is 92.7 cm³/mol. The summed E-state index contributed by atoms with van der Waals surface area (Å²) >= 11 is 0. The minimum absolute atomic E-state index is 0.0795. The van der Waals surface area contributed by atoms with Crippen LogP contribution >= 0.6 is 0 Å². The van der Waals surface area contributed by atoms with Gasteiger partial charge in [0.1, 0.15) is 23.5 Å². The number of hydrogen-bond acceptors (Lipinski definition) is 6. The van der Waals surface area contributed by atoms with Crippen LogP contribution in [0.1, 0.15) is 10.4 Å². The fourth-order valence-corrected chi connectivity index (χ4v) is 2.26. The van der Waals surface area contributed by atoms with Crippen LogP contribution < -0.4 is 10.1 Å². The Labute approximate surface area is 145 Å². The minimum Gasteiger partial charge on any atom is -0.497 e. The van der Waals surface area contributed by atoms with Gasteiger partial charge in [-0.2, -0.15) is 10.5 Å². The van der Waals surface area contributed by atoms with Crippen molar-refractivity contribution in [2.75, 3.05) is 19.5 Å². The zero-order valence-electron chi connectivity index (χ0n) is 13.7. The van der Waals surface area contributed by atoms with E-state index in [-0.39, 0.29) is 5.57 Å². The van der Waals surface area contributed by atoms with Crippen LogP contribution in [0.5, 0.6) is 5.75 Å². The molecule has 0 saturated heterocycles. The molecule has 0 unspecified atom stereocenters. The third kappa shape index (κ3) is 3.95. The molecule has 2 aromatic carbocycles. The molecular formula is C19H15N3O3. The van der Waals surface area contributed by atoms with Gasteiger partial charge >= 0.3 is 5.97 Å². The number of methoxy groups -OCH3 is 2. The van der Waals surface area contributed by atoms with Crippen LogP contribution in [-0.2, 0) is 4.74 Å². The molecule has 1 N–H and O–H groups in total. The summed E-state index contributed by atoms with van der Waals surface area (Å²) in [5, 5.41) is 20.6. The first-order valence-corrected chi connectivity index (χ1v) is 7.27. The summed E-state index contributed by atoms with van der Waals surface area (Å²) in [5.74, 6) is 0.198. The number of allylic oxidation sites excluding steroid dienone is 1. The second kappa shape index (κ2) is 8.19. The molecule has 6 heteroatoms. The minimum atomic E-state index is -0.487. The second-order valence-corrected chi connectivity index (χ2v) is 4.87. The average molecular weight is 333 g/mol. The summed E-state index contributed by atoms with van der Waals surface area (Å²) in [6, 6.07) is 15.8. The molecule has 2 aromatic rings. The van der Waals surface area contributed by atoms with Gasteiger partial charge in [0, 0.05) is 17.5 Å². The first kappa shape index (κ1) is 17.6. The third-order valence-corrected chi connectivity index (χ3v) is 3.46. The molecule has 0 heterocycles. The fraction of sp³-hybridized carbons (Fsp3) is 0.105. The van der Waals surface area contributed by atoms with Crippen molar-refractivity contribution in [3.8, 4) is 29.0 Å². The highest BCUT2D eigenvalue weighted by Crippen LogP contribution is 2.33. The largest absolute Gasteiger partial charge is 0.497 e. The number of esters is 1. The molecular weight excluding hydrogens is 318 g/mol. The summed E-state index contributed by atoms with van der Waals surface area (Å²) in [6.07, 6.45) is 1.30. The summed E-state index contributed by atoms with van der Waals surface area (Å²) in [5.41, 5.74) is 2.21. The normalized spacial score (nSPS) is 9.28. The predicted octanol–water partition coefficient (Wildman–Crippen LogP) is 3.49. The lowest BCUT2D eigenvalue weighted by Gasteiger charge is -2.14. The topological polar surface area (TPSA) is 95.1 Å². The van der Waals surface area contributed by atoms with Gasteiger partial charge in [-0.15, -0.1) is 0 Å². The Morgan fingerprint density at radius 2 is 1.76 bits per heavy atom. The summed E-state index contributed by atoms with van der Waals surface area (Å²) in [7, 11) is 2.88. The maximum absolute atomic E-state index is 12.1. The molecule has 0 spiro atoms. The molecule has 0 atom stereocenters. The van der Waals surface area contributed by atoms with Crippen molar-refractivity contribution >= 4 is 11.7 Å². The van der Waals surface area contributed by atoms with Crippen molar-refractivity contribution in [3.63, 3.8) is 0 Å². The molecule has 6 nitrogen and oxygen atoms in total. The Hall–Kier alpha value is -3.77. The Morgan fingerprint density at radius 3 is 2.32 bits per heavy atom. The number of nitriles is 2. The zero-order chi connectivity index (χ0) is 18.2. The van der Waals surface area contributed by atoms with E-state index in [4.69, 9.17) is 20.0 Å². The highest BCUT2D eigenvalue weighted by Gasteiger charge is 2.17. The summed E-state index contributed by atoms with van der Waals surface area (Å²) < 4.78 is 10.0. The Morgan fingerprint density at radius 1 is 1.08 bits per heavy atom. The van der Waals surface area contributed by atoms with Crippen LogP contribution in [0.3, 0.4) is 0 Å². The Kier molecular flexibility index (Phi) is 5.76. The van der Waals surface area contributed by atoms with E-state index in [0.29, 0.717) is 22.6 Å². The number of ether oxygens (including phenoxy) is 2. The van der Waals surface area contributed by atoms with Crippen LogP contribution in [0.2, 0.25) is 0 Å². The highest BCUT2D eigenvalue weighted by molar-refractivity contribution is 6.01. The van der Waals surface area contributed by atoms with Crippen molar-refractivity contribution in [2.24, 2.45) is 0 Å². The van der Waals surface area contributed by atoms with E-state index in [0.717, 1.165) is 5.56 Å². The van der Waals surface area contributed by atoms with Crippen molar-refractivity contribution in [3.05, 3.63) is 59.8 Å². The quantitative estimate of drug-likeness (QED) is 0.665. The van der Waals surface area contributed by atoms with Gasteiger partial charge in [0.2, 0.25) is 0 Å². The van der Waals surface area contributed by atoms with Crippen molar-refractivity contribution < 1.29 is 14.3 Å². The lowest BCUT2D eigenvalue weighted by atomic mass is 9.97. The molecule has 0 amide bonds. The molecule has 0 radical (unpaired) electrons. The molecule has 0 aliphatic rings. The monoisotopic (exact) mass is 333 g/mol. The van der Waals surface area contributed by atoms with Gasteiger partial charge in [0.15, 0.2) is 0 Å². The smallest absolute Gasteiger partial charge is 0.338 e. The maximum atomic E-state index is 12.1. The van der Waals surface area contributed by atoms with Crippen molar-refractivity contribution in [2.45, 2.75) is 0 Å². The Bertz CT molecular complexity index is 872. The van der Waals surface area contributed by atoms with Gasteiger partial charge < -0.3 is 14.8 Å². The number of rotatable bonds is 5. The summed E-state index contributed by atoms with van der Waals surface area (Å²) in [4.78, 5) is 12.1. The van der Waals surface area contributed by atoms with Crippen LogP contribution in [0.25, 0.3) is 11.1 Å². The molecule has 25 heavy (non-hydrogen) atoms. The maximum Gasteiger partial charge on any atom is 0.338 e. The average Bonchev–Trinajstić information content (AvgIpc) is 2.68. The number of hydrogen-bond donors (Lipinski definition) is 1. The summed E-state index contributed by atoms with van der Waals surface area (Å²) in [6.45, 7) is 0. The van der Waals surface area contributed by atoms with Gasteiger partial charge in [-0.05, 0) is 29.8 Å². The van der Waals surface area contributed by atoms with Gasteiger partial charge in [-0.3, -0.25) is 0 Å². The second-order valence-electron chi connectivity index (χ2n) is 4.87. The number of nitrogens with zero attached hydrogens (tertiary/aromatic N) is 2. The van der Waals surface area contributed by atoms with Gasteiger partial charge in [0.25, 0.3) is 0 Å². The molecule has 0 fully saturated rings. The molecule has 0 aromatic heterocycles. The fourth-order valence-electron chi connectivity index (χ4n) is 2.26. The number of benzene rings is 2. The van der Waals surface area contributed by atoms with E-state index >= 15 is 0 Å². The van der Waals surface area contributed by atoms with Crippen LogP contribution in [0.15, 0.2) is 54.2 Å².